The molecule has 0 aliphatic rings. The van der Waals surface area contributed by atoms with Gasteiger partial charge in [-0.25, -0.2) is 0 Å². The van der Waals surface area contributed by atoms with Crippen molar-refractivity contribution in [2.45, 2.75) is 34.2 Å². The van der Waals surface area contributed by atoms with Crippen LogP contribution in [0.15, 0.2) is 23.6 Å². The Balaban J connectivity index is 2.48. The fraction of sp³-hybridized carbons (Fsp3) is 0.471. The monoisotopic (exact) mass is 289 g/mol. The number of aldehydes is 1. The largest absolute Gasteiger partial charge is 0.297 e. The van der Waals surface area contributed by atoms with E-state index in [2.05, 4.69) is 55.9 Å². The third kappa shape index (κ3) is 6.70. The highest BCUT2D eigenvalue weighted by atomic mass is 32.1. The van der Waals surface area contributed by atoms with Crippen molar-refractivity contribution in [1.82, 2.24) is 4.90 Å². The van der Waals surface area contributed by atoms with E-state index in [1.54, 1.807) is 0 Å². The van der Waals surface area contributed by atoms with Gasteiger partial charge in [0.1, 0.15) is 0 Å². The molecule has 0 aromatic carbocycles. The molecule has 0 amide bonds. The Morgan fingerprint density at radius 1 is 1.40 bits per heavy atom. The molecule has 0 saturated heterocycles. The van der Waals surface area contributed by atoms with Crippen molar-refractivity contribution in [1.29, 1.82) is 0 Å². The second kappa shape index (κ2) is 8.04. The molecule has 2 nitrogen and oxygen atoms in total. The SMILES string of the molecule is CCN(CC=CC#CC(C)(C)C)Cc1csc(C=O)c1. The van der Waals surface area contributed by atoms with E-state index in [4.69, 9.17) is 0 Å². The number of allylic oxidation sites excluding steroid dienone is 1. The van der Waals surface area contributed by atoms with Crippen LogP contribution in [-0.4, -0.2) is 24.3 Å². The smallest absolute Gasteiger partial charge is 0.160 e. The summed E-state index contributed by atoms with van der Waals surface area (Å²) in [6.07, 6.45) is 4.93. The van der Waals surface area contributed by atoms with Gasteiger partial charge in [0.25, 0.3) is 0 Å². The van der Waals surface area contributed by atoms with Crippen LogP contribution < -0.4 is 0 Å². The molecule has 3 heteroatoms. The summed E-state index contributed by atoms with van der Waals surface area (Å²) in [6, 6.07) is 1.96. The third-order valence-corrected chi connectivity index (χ3v) is 3.56. The lowest BCUT2D eigenvalue weighted by atomic mass is 9.98. The van der Waals surface area contributed by atoms with Gasteiger partial charge in [-0.15, -0.1) is 11.3 Å². The van der Waals surface area contributed by atoms with Crippen LogP contribution in [0.25, 0.3) is 0 Å². The van der Waals surface area contributed by atoms with Crippen LogP contribution in [0.2, 0.25) is 0 Å². The first-order valence-electron chi connectivity index (χ1n) is 6.87. The average molecular weight is 289 g/mol. The molecule has 0 saturated carbocycles. The molecule has 0 bridgehead atoms. The first-order valence-corrected chi connectivity index (χ1v) is 7.75. The van der Waals surface area contributed by atoms with Gasteiger partial charge in [0.2, 0.25) is 0 Å². The first-order chi connectivity index (χ1) is 9.44. The summed E-state index contributed by atoms with van der Waals surface area (Å²) < 4.78 is 0. The molecule has 0 unspecified atom stereocenters. The van der Waals surface area contributed by atoms with E-state index in [-0.39, 0.29) is 5.41 Å². The standard InChI is InChI=1S/C17H23NOS/c1-5-18(10-8-6-7-9-17(2,3)4)12-15-11-16(13-19)20-14-15/h6,8,11,13-14H,5,10,12H2,1-4H3. The maximum atomic E-state index is 10.7. The van der Waals surface area contributed by atoms with E-state index in [0.29, 0.717) is 0 Å². The van der Waals surface area contributed by atoms with E-state index < -0.39 is 0 Å². The Bertz CT molecular complexity index is 511. The number of nitrogens with zero attached hydrogens (tertiary/aromatic N) is 1. The summed E-state index contributed by atoms with van der Waals surface area (Å²) in [5.41, 5.74) is 1.25. The number of hydrogen-bond donors (Lipinski definition) is 0. The van der Waals surface area contributed by atoms with Gasteiger partial charge in [0, 0.05) is 18.5 Å². The van der Waals surface area contributed by atoms with E-state index in [1.807, 2.05) is 12.1 Å². The van der Waals surface area contributed by atoms with E-state index in [0.717, 1.165) is 30.8 Å². The molecule has 1 heterocycles. The predicted molar refractivity (Wildman–Crippen MR) is 87.0 cm³/mol. The Hall–Kier alpha value is -1.37. The average Bonchev–Trinajstić information content (AvgIpc) is 2.83. The van der Waals surface area contributed by atoms with Crippen LogP contribution in [0.3, 0.4) is 0 Å². The number of thiophene rings is 1. The van der Waals surface area contributed by atoms with Gasteiger partial charge in [-0.1, -0.05) is 24.8 Å². The van der Waals surface area contributed by atoms with Gasteiger partial charge < -0.3 is 0 Å². The van der Waals surface area contributed by atoms with Gasteiger partial charge in [-0.05, 0) is 50.4 Å². The summed E-state index contributed by atoms with van der Waals surface area (Å²) >= 11 is 1.50. The molecular formula is C17H23NOS. The summed E-state index contributed by atoms with van der Waals surface area (Å²) in [7, 11) is 0. The zero-order valence-electron chi connectivity index (χ0n) is 12.8. The van der Waals surface area contributed by atoms with E-state index >= 15 is 0 Å². The molecule has 1 aromatic heterocycles. The van der Waals surface area contributed by atoms with E-state index in [9.17, 15) is 4.79 Å². The molecular weight excluding hydrogens is 266 g/mol. The Kier molecular flexibility index (Phi) is 6.70. The second-order valence-corrected chi connectivity index (χ2v) is 6.67. The normalized spacial score (nSPS) is 11.7. The zero-order valence-corrected chi connectivity index (χ0v) is 13.6. The number of carbonyl (C=O) groups excluding carboxylic acids is 1. The highest BCUT2D eigenvalue weighted by Crippen LogP contribution is 2.14. The fourth-order valence-electron chi connectivity index (χ4n) is 1.62. The summed E-state index contributed by atoms with van der Waals surface area (Å²) in [4.78, 5) is 13.8. The second-order valence-electron chi connectivity index (χ2n) is 5.72. The van der Waals surface area contributed by atoms with Gasteiger partial charge in [0.05, 0.1) is 4.88 Å². The van der Waals surface area contributed by atoms with Gasteiger partial charge in [-0.3, -0.25) is 9.69 Å². The molecule has 20 heavy (non-hydrogen) atoms. The lowest BCUT2D eigenvalue weighted by molar-refractivity contribution is 0.112. The molecule has 108 valence electrons. The zero-order chi connectivity index (χ0) is 15.0. The molecule has 0 fully saturated rings. The minimum atomic E-state index is 0.0523. The molecule has 1 rings (SSSR count). The molecule has 0 aliphatic carbocycles. The summed E-state index contributed by atoms with van der Waals surface area (Å²) in [5, 5.41) is 2.05. The highest BCUT2D eigenvalue weighted by molar-refractivity contribution is 7.11. The number of carbonyl (C=O) groups is 1. The van der Waals surface area contributed by atoms with Crippen molar-refractivity contribution < 1.29 is 4.79 Å². The minimum absolute atomic E-state index is 0.0523. The summed E-state index contributed by atoms with van der Waals surface area (Å²) in [5.74, 6) is 6.26. The molecule has 1 aromatic rings. The van der Waals surface area contributed by atoms with Crippen molar-refractivity contribution in [3.05, 3.63) is 34.0 Å². The van der Waals surface area contributed by atoms with Crippen molar-refractivity contribution in [3.63, 3.8) is 0 Å². The maximum Gasteiger partial charge on any atom is 0.160 e. The number of hydrogen-bond acceptors (Lipinski definition) is 3. The Morgan fingerprint density at radius 3 is 2.70 bits per heavy atom. The van der Waals surface area contributed by atoms with Crippen LogP contribution in [0.5, 0.6) is 0 Å². The molecule has 0 radical (unpaired) electrons. The predicted octanol–water partition coefficient (Wildman–Crippen LogP) is 3.99. The molecule has 0 aliphatic heterocycles. The molecule has 0 spiro atoms. The lowest BCUT2D eigenvalue weighted by Gasteiger charge is -2.17. The van der Waals surface area contributed by atoms with Crippen molar-refractivity contribution in [2.75, 3.05) is 13.1 Å². The van der Waals surface area contributed by atoms with Crippen LogP contribution in [0.1, 0.15) is 42.9 Å². The number of likely N-dealkylation sites (N-methyl/N-ethyl adjacent to an activating group) is 1. The quantitative estimate of drug-likeness (QED) is 0.583. The topological polar surface area (TPSA) is 20.3 Å². The van der Waals surface area contributed by atoms with Crippen LogP contribution in [-0.2, 0) is 6.54 Å². The van der Waals surface area contributed by atoms with Crippen LogP contribution in [0, 0.1) is 17.3 Å². The van der Waals surface area contributed by atoms with E-state index in [1.165, 1.54) is 16.9 Å². The van der Waals surface area contributed by atoms with Crippen LogP contribution >= 0.6 is 11.3 Å². The molecule has 0 N–H and O–H groups in total. The summed E-state index contributed by atoms with van der Waals surface area (Å²) in [6.45, 7) is 11.2. The van der Waals surface area contributed by atoms with Crippen molar-refractivity contribution >= 4 is 17.6 Å². The maximum absolute atomic E-state index is 10.7. The Labute approximate surface area is 126 Å². The number of rotatable bonds is 6. The van der Waals surface area contributed by atoms with Crippen LogP contribution in [0.4, 0.5) is 0 Å². The third-order valence-electron chi connectivity index (χ3n) is 2.66. The van der Waals surface area contributed by atoms with Gasteiger partial charge >= 0.3 is 0 Å². The highest BCUT2D eigenvalue weighted by Gasteiger charge is 2.04. The molecule has 0 atom stereocenters. The first kappa shape index (κ1) is 16.7. The minimum Gasteiger partial charge on any atom is -0.297 e. The van der Waals surface area contributed by atoms with Crippen molar-refractivity contribution in [3.8, 4) is 11.8 Å². The van der Waals surface area contributed by atoms with Gasteiger partial charge in [0.15, 0.2) is 6.29 Å². The van der Waals surface area contributed by atoms with Gasteiger partial charge in [-0.2, -0.15) is 0 Å². The Morgan fingerprint density at radius 2 is 2.15 bits per heavy atom. The fourth-order valence-corrected chi connectivity index (χ4v) is 2.33. The van der Waals surface area contributed by atoms with Crippen molar-refractivity contribution in [2.24, 2.45) is 5.41 Å². The lowest BCUT2D eigenvalue weighted by Crippen LogP contribution is -2.22.